The Morgan fingerprint density at radius 1 is 1.47 bits per heavy atom. The molecule has 3 unspecified atom stereocenters. The maximum Gasteiger partial charge on any atom is 0.322 e. The van der Waals surface area contributed by atoms with Gasteiger partial charge in [-0.2, -0.15) is 0 Å². The Morgan fingerprint density at radius 2 is 2.18 bits per heavy atom. The summed E-state index contributed by atoms with van der Waals surface area (Å²) in [4.78, 5) is 13.4. The van der Waals surface area contributed by atoms with Crippen molar-refractivity contribution in [1.82, 2.24) is 10.2 Å². The second-order valence-electron chi connectivity index (χ2n) is 5.11. The Morgan fingerprint density at radius 3 is 2.71 bits per heavy atom. The summed E-state index contributed by atoms with van der Waals surface area (Å²) in [6, 6.07) is 0.0610. The minimum absolute atomic E-state index is 0.349. The van der Waals surface area contributed by atoms with Crippen molar-refractivity contribution in [3.63, 3.8) is 0 Å². The molecule has 1 rings (SSSR count). The van der Waals surface area contributed by atoms with Gasteiger partial charge >= 0.3 is 5.97 Å². The third-order valence-corrected chi connectivity index (χ3v) is 3.88. The van der Waals surface area contributed by atoms with Crippen LogP contribution in [0.25, 0.3) is 0 Å². The Hall–Kier alpha value is -0.610. The maximum absolute atomic E-state index is 11.3. The van der Waals surface area contributed by atoms with E-state index in [1.54, 1.807) is 0 Å². The molecule has 0 aliphatic carbocycles. The van der Waals surface area contributed by atoms with Crippen molar-refractivity contribution >= 4 is 5.97 Å². The molecular weight excluding hydrogens is 216 g/mol. The van der Waals surface area contributed by atoms with E-state index in [2.05, 4.69) is 31.0 Å². The van der Waals surface area contributed by atoms with Crippen LogP contribution in [-0.2, 0) is 4.79 Å². The monoisotopic (exact) mass is 242 g/mol. The zero-order valence-corrected chi connectivity index (χ0v) is 11.3. The predicted molar refractivity (Wildman–Crippen MR) is 69.2 cm³/mol. The molecule has 4 nitrogen and oxygen atoms in total. The summed E-state index contributed by atoms with van der Waals surface area (Å²) in [5.74, 6) is -0.0240. The SMILES string of the molecule is CCC(C)CC(CC)N1CCNCC1C(=O)O. The normalized spacial score (nSPS) is 25.5. The summed E-state index contributed by atoms with van der Waals surface area (Å²) < 4.78 is 0. The van der Waals surface area contributed by atoms with Crippen molar-refractivity contribution in [2.24, 2.45) is 5.92 Å². The van der Waals surface area contributed by atoms with E-state index in [0.717, 1.165) is 25.9 Å². The van der Waals surface area contributed by atoms with Crippen LogP contribution in [0, 0.1) is 5.92 Å². The van der Waals surface area contributed by atoms with E-state index in [9.17, 15) is 9.90 Å². The van der Waals surface area contributed by atoms with E-state index in [1.165, 1.54) is 6.42 Å². The molecule has 0 radical (unpaired) electrons. The first-order valence-corrected chi connectivity index (χ1v) is 6.79. The zero-order chi connectivity index (χ0) is 12.8. The van der Waals surface area contributed by atoms with Gasteiger partial charge in [0.05, 0.1) is 0 Å². The summed E-state index contributed by atoms with van der Waals surface area (Å²) in [7, 11) is 0. The summed E-state index contributed by atoms with van der Waals surface area (Å²) in [6.45, 7) is 8.94. The molecule has 100 valence electrons. The Balaban J connectivity index is 2.66. The number of hydrogen-bond donors (Lipinski definition) is 2. The number of piperazine rings is 1. The highest BCUT2D eigenvalue weighted by Gasteiger charge is 2.32. The first-order chi connectivity index (χ1) is 8.10. The van der Waals surface area contributed by atoms with Crippen LogP contribution in [0.2, 0.25) is 0 Å². The molecule has 1 aliphatic rings. The summed E-state index contributed by atoms with van der Waals surface area (Å²) in [5.41, 5.74) is 0. The average molecular weight is 242 g/mol. The highest BCUT2D eigenvalue weighted by Crippen LogP contribution is 2.20. The number of hydrogen-bond acceptors (Lipinski definition) is 3. The Labute approximate surface area is 104 Å². The van der Waals surface area contributed by atoms with Gasteiger partial charge in [-0.1, -0.05) is 27.2 Å². The van der Waals surface area contributed by atoms with Gasteiger partial charge in [-0.15, -0.1) is 0 Å². The number of nitrogens with one attached hydrogen (secondary N) is 1. The molecular formula is C13H26N2O2. The zero-order valence-electron chi connectivity index (χ0n) is 11.3. The van der Waals surface area contributed by atoms with Crippen molar-refractivity contribution in [3.05, 3.63) is 0 Å². The molecule has 1 saturated heterocycles. The first kappa shape index (κ1) is 14.5. The van der Waals surface area contributed by atoms with Crippen LogP contribution < -0.4 is 5.32 Å². The second kappa shape index (κ2) is 6.97. The van der Waals surface area contributed by atoms with E-state index in [1.807, 2.05) is 0 Å². The number of carbonyl (C=O) groups is 1. The largest absolute Gasteiger partial charge is 0.480 e. The molecule has 17 heavy (non-hydrogen) atoms. The van der Waals surface area contributed by atoms with Crippen LogP contribution in [0.15, 0.2) is 0 Å². The molecule has 0 bridgehead atoms. The third kappa shape index (κ3) is 3.96. The van der Waals surface area contributed by atoms with Crippen LogP contribution in [0.4, 0.5) is 0 Å². The van der Waals surface area contributed by atoms with Crippen LogP contribution in [-0.4, -0.2) is 47.7 Å². The standard InChI is InChI=1S/C13H26N2O2/c1-4-10(3)8-11(5-2)15-7-6-14-9-12(15)13(16)17/h10-12,14H,4-9H2,1-3H3,(H,16,17). The number of aliphatic carboxylic acids is 1. The highest BCUT2D eigenvalue weighted by atomic mass is 16.4. The fourth-order valence-corrected chi connectivity index (χ4v) is 2.55. The van der Waals surface area contributed by atoms with Crippen LogP contribution in [0.5, 0.6) is 0 Å². The van der Waals surface area contributed by atoms with Gasteiger partial charge in [0.25, 0.3) is 0 Å². The Kier molecular flexibility index (Phi) is 5.92. The second-order valence-corrected chi connectivity index (χ2v) is 5.11. The number of carboxylic acid groups (broad SMARTS) is 1. The van der Waals surface area contributed by atoms with E-state index in [-0.39, 0.29) is 6.04 Å². The lowest BCUT2D eigenvalue weighted by Gasteiger charge is -2.40. The van der Waals surface area contributed by atoms with Crippen LogP contribution in [0.3, 0.4) is 0 Å². The molecule has 1 fully saturated rings. The van der Waals surface area contributed by atoms with E-state index < -0.39 is 5.97 Å². The van der Waals surface area contributed by atoms with Gasteiger partial charge < -0.3 is 10.4 Å². The van der Waals surface area contributed by atoms with Crippen molar-refractivity contribution < 1.29 is 9.90 Å². The highest BCUT2D eigenvalue weighted by molar-refractivity contribution is 5.74. The summed E-state index contributed by atoms with van der Waals surface area (Å²) in [5, 5.41) is 12.4. The average Bonchev–Trinajstić information content (AvgIpc) is 2.35. The van der Waals surface area contributed by atoms with E-state index >= 15 is 0 Å². The van der Waals surface area contributed by atoms with Gasteiger partial charge in [-0.05, 0) is 18.8 Å². The molecule has 0 aromatic rings. The van der Waals surface area contributed by atoms with Crippen molar-refractivity contribution in [1.29, 1.82) is 0 Å². The molecule has 0 spiro atoms. The van der Waals surface area contributed by atoms with Gasteiger partial charge in [0.1, 0.15) is 6.04 Å². The smallest absolute Gasteiger partial charge is 0.322 e. The lowest BCUT2D eigenvalue weighted by Crippen LogP contribution is -2.58. The molecule has 4 heteroatoms. The quantitative estimate of drug-likeness (QED) is 0.742. The van der Waals surface area contributed by atoms with E-state index in [0.29, 0.717) is 18.5 Å². The van der Waals surface area contributed by atoms with Crippen LogP contribution in [0.1, 0.15) is 40.0 Å². The number of carboxylic acids is 1. The number of rotatable bonds is 6. The minimum Gasteiger partial charge on any atom is -0.480 e. The maximum atomic E-state index is 11.3. The van der Waals surface area contributed by atoms with Gasteiger partial charge in [0.15, 0.2) is 0 Å². The van der Waals surface area contributed by atoms with E-state index in [4.69, 9.17) is 0 Å². The molecule has 0 aromatic carbocycles. The molecule has 1 aliphatic heterocycles. The fourth-order valence-electron chi connectivity index (χ4n) is 2.55. The van der Waals surface area contributed by atoms with Crippen molar-refractivity contribution in [2.45, 2.75) is 52.1 Å². The van der Waals surface area contributed by atoms with Crippen molar-refractivity contribution in [2.75, 3.05) is 19.6 Å². The van der Waals surface area contributed by atoms with Gasteiger partial charge in [0.2, 0.25) is 0 Å². The third-order valence-electron chi connectivity index (χ3n) is 3.88. The molecule has 0 amide bonds. The predicted octanol–water partition coefficient (Wildman–Crippen LogP) is 1.56. The molecule has 1 heterocycles. The van der Waals surface area contributed by atoms with Gasteiger partial charge in [-0.25, -0.2) is 0 Å². The molecule has 0 aromatic heterocycles. The molecule has 2 N–H and O–H groups in total. The lowest BCUT2D eigenvalue weighted by molar-refractivity contribution is -0.145. The fraction of sp³-hybridized carbons (Fsp3) is 0.923. The molecule has 0 saturated carbocycles. The first-order valence-electron chi connectivity index (χ1n) is 6.79. The number of nitrogens with zero attached hydrogens (tertiary/aromatic N) is 1. The molecule has 3 atom stereocenters. The van der Waals surface area contributed by atoms with Gasteiger partial charge in [0, 0.05) is 25.7 Å². The van der Waals surface area contributed by atoms with Crippen LogP contribution >= 0.6 is 0 Å². The topological polar surface area (TPSA) is 52.6 Å². The van der Waals surface area contributed by atoms with Gasteiger partial charge in [-0.3, -0.25) is 9.69 Å². The summed E-state index contributed by atoms with van der Waals surface area (Å²) in [6.07, 6.45) is 3.31. The summed E-state index contributed by atoms with van der Waals surface area (Å²) >= 11 is 0. The minimum atomic E-state index is -0.695. The lowest BCUT2D eigenvalue weighted by atomic mass is 9.95. The van der Waals surface area contributed by atoms with Crippen molar-refractivity contribution in [3.8, 4) is 0 Å². The Bertz CT molecular complexity index is 246.